The van der Waals surface area contributed by atoms with E-state index in [2.05, 4.69) is 6.92 Å². The Kier molecular flexibility index (Phi) is 17.3. The van der Waals surface area contributed by atoms with Gasteiger partial charge in [-0.25, -0.2) is 13.6 Å². The summed E-state index contributed by atoms with van der Waals surface area (Å²) in [6.45, 7) is 13.1. The van der Waals surface area contributed by atoms with Crippen LogP contribution in [0.4, 0.5) is 8.78 Å². The van der Waals surface area contributed by atoms with Crippen molar-refractivity contribution < 1.29 is 33.0 Å². The number of unbranched alkanes of at least 4 members (excludes halogenated alkanes) is 8. The Balaban J connectivity index is 1.90. The lowest BCUT2D eigenvalue weighted by Crippen LogP contribution is -2.57. The summed E-state index contributed by atoms with van der Waals surface area (Å²) in [5.74, 6) is -5.57. The van der Waals surface area contributed by atoms with Crippen LogP contribution in [0.5, 0.6) is 0 Å². The summed E-state index contributed by atoms with van der Waals surface area (Å²) in [6, 6.07) is 18.7. The lowest BCUT2D eigenvalue weighted by Gasteiger charge is -2.40. The van der Waals surface area contributed by atoms with E-state index in [-0.39, 0.29) is 30.4 Å². The lowest BCUT2D eigenvalue weighted by atomic mass is 9.75. The fourth-order valence-corrected chi connectivity index (χ4v) is 7.94. The van der Waals surface area contributed by atoms with E-state index in [1.807, 2.05) is 87.5 Å². The lowest BCUT2D eigenvalue weighted by molar-refractivity contribution is -0.185. The third-order valence-electron chi connectivity index (χ3n) is 10.2. The minimum Gasteiger partial charge on any atom is -0.458 e. The van der Waals surface area contributed by atoms with Crippen LogP contribution < -0.4 is 0 Å². The Morgan fingerprint density at radius 3 is 1.85 bits per heavy atom. The minimum absolute atomic E-state index is 0.0220. The Morgan fingerprint density at radius 1 is 0.852 bits per heavy atom. The predicted molar refractivity (Wildman–Crippen MR) is 217 cm³/mol. The molecule has 1 aliphatic rings. The fourth-order valence-electron chi connectivity index (χ4n) is 7.61. The Hall–Kier alpha value is -3.17. The topological polar surface area (TPSA) is 76.1 Å². The van der Waals surface area contributed by atoms with Gasteiger partial charge in [0.2, 0.25) is 11.8 Å². The maximum atomic E-state index is 15.1. The molecular formula is C45H65F2NO5S. The molecule has 1 fully saturated rings. The molecule has 0 radical (unpaired) electrons. The third kappa shape index (κ3) is 11.9. The number of alkyl halides is 2. The number of thiocarbonyl (C=S) groups is 1. The molecule has 1 heterocycles. The molecule has 0 aliphatic carbocycles. The largest absolute Gasteiger partial charge is 0.458 e. The second kappa shape index (κ2) is 20.7. The van der Waals surface area contributed by atoms with Crippen LogP contribution in [-0.4, -0.2) is 50.2 Å². The number of nitrogens with zero attached hydrogens (tertiary/aromatic N) is 1. The maximum absolute atomic E-state index is 15.1. The molecule has 1 saturated heterocycles. The van der Waals surface area contributed by atoms with Crippen LogP contribution in [0.2, 0.25) is 0 Å². The Labute approximate surface area is 329 Å². The number of halogens is 2. The van der Waals surface area contributed by atoms with Gasteiger partial charge in [0.25, 0.3) is 5.17 Å². The van der Waals surface area contributed by atoms with Crippen molar-refractivity contribution in [2.75, 3.05) is 0 Å². The van der Waals surface area contributed by atoms with Crippen LogP contribution in [-0.2, 0) is 24.7 Å². The highest BCUT2D eigenvalue weighted by Gasteiger charge is 2.60. The summed E-state index contributed by atoms with van der Waals surface area (Å²) in [4.78, 5) is 30.5. The SMILES string of the molecule is CCCCCCCC(F)(F)CCCCCC/C=C/[C@H](C(=O)N1C(=S)OC(c2ccccc2)(c2ccccc2)C1C(C)C)[C@@](O)(CCC)C(=O)OC(C)(C)C. The van der Waals surface area contributed by atoms with Gasteiger partial charge in [0, 0.05) is 24.0 Å². The quantitative estimate of drug-likeness (QED) is 0.0556. The first-order valence-corrected chi connectivity index (χ1v) is 20.6. The first-order chi connectivity index (χ1) is 25.5. The smallest absolute Gasteiger partial charge is 0.339 e. The molecule has 1 amide bonds. The maximum Gasteiger partial charge on any atom is 0.339 e. The zero-order valence-electron chi connectivity index (χ0n) is 33.8. The monoisotopic (exact) mass is 769 g/mol. The number of esters is 1. The minimum atomic E-state index is -2.63. The van der Waals surface area contributed by atoms with Gasteiger partial charge in [0.05, 0.1) is 12.0 Å². The highest BCUT2D eigenvalue weighted by atomic mass is 32.1. The molecule has 1 aliphatic heterocycles. The normalized spacial score (nSPS) is 17.8. The van der Waals surface area contributed by atoms with Crippen molar-refractivity contribution in [2.45, 2.75) is 167 Å². The van der Waals surface area contributed by atoms with Crippen LogP contribution in [0.3, 0.4) is 0 Å². The predicted octanol–water partition coefficient (Wildman–Crippen LogP) is 11.5. The summed E-state index contributed by atoms with van der Waals surface area (Å²) >= 11 is 5.89. The van der Waals surface area contributed by atoms with Crippen molar-refractivity contribution in [1.82, 2.24) is 4.90 Å². The van der Waals surface area contributed by atoms with E-state index in [0.29, 0.717) is 38.5 Å². The molecule has 54 heavy (non-hydrogen) atoms. The van der Waals surface area contributed by atoms with Gasteiger partial charge in [-0.1, -0.05) is 145 Å². The molecule has 0 aromatic heterocycles. The zero-order valence-corrected chi connectivity index (χ0v) is 34.6. The van der Waals surface area contributed by atoms with Crippen molar-refractivity contribution in [3.8, 4) is 0 Å². The van der Waals surface area contributed by atoms with Crippen LogP contribution in [0, 0.1) is 11.8 Å². The third-order valence-corrected chi connectivity index (χ3v) is 10.5. The molecule has 1 unspecified atom stereocenters. The number of hydrogen-bond acceptors (Lipinski definition) is 6. The number of benzene rings is 2. The van der Waals surface area contributed by atoms with E-state index in [1.54, 1.807) is 26.8 Å². The van der Waals surface area contributed by atoms with E-state index < -0.39 is 46.6 Å². The Bertz CT molecular complexity index is 1450. The molecule has 0 saturated carbocycles. The number of carbonyl (C=O) groups is 2. The summed E-state index contributed by atoms with van der Waals surface area (Å²) in [5, 5.41) is 12.3. The van der Waals surface area contributed by atoms with Gasteiger partial charge in [-0.05, 0) is 71.0 Å². The van der Waals surface area contributed by atoms with Gasteiger partial charge in [0.1, 0.15) is 5.60 Å². The second-order valence-electron chi connectivity index (χ2n) is 16.3. The summed E-state index contributed by atoms with van der Waals surface area (Å²) in [7, 11) is 0. The molecule has 3 rings (SSSR count). The fraction of sp³-hybridized carbons (Fsp3) is 0.622. The van der Waals surface area contributed by atoms with E-state index in [0.717, 1.165) is 43.2 Å². The molecule has 9 heteroatoms. The number of aliphatic hydroxyl groups is 1. The van der Waals surface area contributed by atoms with E-state index in [4.69, 9.17) is 21.7 Å². The van der Waals surface area contributed by atoms with Crippen molar-refractivity contribution in [1.29, 1.82) is 0 Å². The van der Waals surface area contributed by atoms with Crippen LogP contribution in [0.15, 0.2) is 72.8 Å². The zero-order chi connectivity index (χ0) is 40.0. The molecule has 3 atom stereocenters. The molecule has 0 bridgehead atoms. The number of rotatable bonds is 22. The van der Waals surface area contributed by atoms with Crippen molar-refractivity contribution >= 4 is 29.3 Å². The molecular weight excluding hydrogens is 705 g/mol. The summed E-state index contributed by atoms with van der Waals surface area (Å²) in [6.07, 6.45) is 11.4. The van der Waals surface area contributed by atoms with Crippen molar-refractivity contribution in [3.05, 3.63) is 83.9 Å². The van der Waals surface area contributed by atoms with E-state index >= 15 is 4.79 Å². The van der Waals surface area contributed by atoms with Gasteiger partial charge >= 0.3 is 5.97 Å². The van der Waals surface area contributed by atoms with Crippen LogP contribution >= 0.6 is 12.2 Å². The second-order valence-corrected chi connectivity index (χ2v) is 16.6. The number of hydrogen-bond donors (Lipinski definition) is 1. The number of allylic oxidation sites excluding steroid dienone is 1. The van der Waals surface area contributed by atoms with Crippen molar-refractivity contribution in [3.63, 3.8) is 0 Å². The average molecular weight is 770 g/mol. The highest BCUT2D eigenvalue weighted by Crippen LogP contribution is 2.48. The van der Waals surface area contributed by atoms with Gasteiger partial charge in [-0.15, -0.1) is 0 Å². The Morgan fingerprint density at radius 2 is 1.37 bits per heavy atom. The first kappa shape index (κ1) is 45.2. The van der Waals surface area contributed by atoms with Crippen LogP contribution in [0.1, 0.15) is 149 Å². The summed E-state index contributed by atoms with van der Waals surface area (Å²) in [5.41, 5.74) is -2.62. The molecule has 0 spiro atoms. The van der Waals surface area contributed by atoms with Crippen LogP contribution in [0.25, 0.3) is 0 Å². The van der Waals surface area contributed by atoms with Crippen molar-refractivity contribution in [2.24, 2.45) is 11.8 Å². The van der Waals surface area contributed by atoms with E-state index in [1.165, 1.54) is 4.90 Å². The van der Waals surface area contributed by atoms with E-state index in [9.17, 15) is 18.7 Å². The number of amides is 1. The molecule has 2 aromatic rings. The number of ether oxygens (including phenoxy) is 2. The number of carbonyl (C=O) groups excluding carboxylic acids is 2. The van der Waals surface area contributed by atoms with Gasteiger partial charge < -0.3 is 14.6 Å². The average Bonchev–Trinajstić information content (AvgIpc) is 3.44. The van der Waals surface area contributed by atoms with Gasteiger partial charge in [-0.3, -0.25) is 9.69 Å². The molecule has 300 valence electrons. The van der Waals surface area contributed by atoms with Gasteiger partial charge in [0.15, 0.2) is 11.2 Å². The first-order valence-electron chi connectivity index (χ1n) is 20.2. The standard InChI is InChI=1S/C45H65F2NO5S/c1-8-10-11-15-24-32-43(46,47)33-25-16-13-12-14-23-30-37(44(51,31-9-2)40(50)52-42(5,6)7)39(49)48-38(34(3)4)45(53-41(48)54,35-26-19-17-20-27-35)36-28-21-18-22-29-36/h17-23,26-30,34,37-38,51H,8-16,24-25,31-33H2,1-7H3/b30-23+/t37-,38?,44+/m1/s1. The molecule has 6 nitrogen and oxygen atoms in total. The molecule has 2 aromatic carbocycles. The summed E-state index contributed by atoms with van der Waals surface area (Å²) < 4.78 is 41.3. The highest BCUT2D eigenvalue weighted by molar-refractivity contribution is 7.80. The van der Waals surface area contributed by atoms with Gasteiger partial charge in [-0.2, -0.15) is 0 Å². The molecule has 1 N–H and O–H groups in total.